The van der Waals surface area contributed by atoms with Crippen molar-refractivity contribution < 1.29 is 8.42 Å². The maximum absolute atomic E-state index is 11.9. The van der Waals surface area contributed by atoms with Crippen molar-refractivity contribution in [3.05, 3.63) is 30.3 Å². The van der Waals surface area contributed by atoms with Crippen LogP contribution in [-0.2, 0) is 10.0 Å². The van der Waals surface area contributed by atoms with E-state index in [2.05, 4.69) is 4.72 Å². The van der Waals surface area contributed by atoms with Crippen molar-refractivity contribution >= 4 is 21.8 Å². The zero-order chi connectivity index (χ0) is 12.0. The Morgan fingerprint density at radius 3 is 2.50 bits per heavy atom. The van der Waals surface area contributed by atoms with Crippen molar-refractivity contribution in [2.45, 2.75) is 24.3 Å². The van der Waals surface area contributed by atoms with E-state index < -0.39 is 10.0 Å². The summed E-state index contributed by atoms with van der Waals surface area (Å²) in [5.74, 6) is 0.957. The van der Waals surface area contributed by atoms with E-state index >= 15 is 0 Å². The van der Waals surface area contributed by atoms with Gasteiger partial charge in [0.2, 0.25) is 10.0 Å². The van der Waals surface area contributed by atoms with Gasteiger partial charge in [-0.05, 0) is 37.5 Å². The summed E-state index contributed by atoms with van der Waals surface area (Å²) < 4.78 is 26.4. The minimum Gasteiger partial charge on any atom is -0.208 e. The van der Waals surface area contributed by atoms with Crippen LogP contribution in [-0.4, -0.2) is 26.5 Å². The Kier molecular flexibility index (Phi) is 5.31. The second-order valence-electron chi connectivity index (χ2n) is 3.62. The summed E-state index contributed by atoms with van der Waals surface area (Å²) in [5.41, 5.74) is 0. The molecule has 5 heteroatoms. The Balaban J connectivity index is 2.66. The molecule has 0 radical (unpaired) electrons. The Hall–Kier alpha value is -0.520. The van der Waals surface area contributed by atoms with Crippen molar-refractivity contribution in [2.75, 3.05) is 12.0 Å². The Labute approximate surface area is 102 Å². The largest absolute Gasteiger partial charge is 0.240 e. The highest BCUT2D eigenvalue weighted by Gasteiger charge is 2.16. The predicted octanol–water partition coefficient (Wildman–Crippen LogP) is 2.11. The molecule has 0 aliphatic rings. The van der Waals surface area contributed by atoms with Gasteiger partial charge in [0.25, 0.3) is 0 Å². The summed E-state index contributed by atoms with van der Waals surface area (Å²) >= 11 is 1.72. The molecule has 1 aromatic carbocycles. The van der Waals surface area contributed by atoms with E-state index in [1.165, 1.54) is 0 Å². The number of sulfonamides is 1. The van der Waals surface area contributed by atoms with Gasteiger partial charge in [-0.1, -0.05) is 18.2 Å². The standard InChI is InChI=1S/C11H17NO2S2/c1-10(8-9-15-2)12-16(13,14)11-6-4-3-5-7-11/h3-7,10,12H,8-9H2,1-2H3. The smallest absolute Gasteiger partial charge is 0.208 e. The molecule has 1 unspecified atom stereocenters. The number of hydrogen-bond donors (Lipinski definition) is 1. The van der Waals surface area contributed by atoms with Gasteiger partial charge in [-0.15, -0.1) is 0 Å². The second-order valence-corrected chi connectivity index (χ2v) is 6.32. The van der Waals surface area contributed by atoms with E-state index in [0.717, 1.165) is 12.2 Å². The number of thioether (sulfide) groups is 1. The molecule has 3 nitrogen and oxygen atoms in total. The van der Waals surface area contributed by atoms with Crippen LogP contribution in [0.3, 0.4) is 0 Å². The normalized spacial score (nSPS) is 13.6. The lowest BCUT2D eigenvalue weighted by Crippen LogP contribution is -2.32. The highest BCUT2D eigenvalue weighted by atomic mass is 32.2. The monoisotopic (exact) mass is 259 g/mol. The second kappa shape index (κ2) is 6.27. The lowest BCUT2D eigenvalue weighted by Gasteiger charge is -2.13. The lowest BCUT2D eigenvalue weighted by atomic mass is 10.3. The average Bonchev–Trinajstić information content (AvgIpc) is 2.27. The SMILES string of the molecule is CSCCC(C)NS(=O)(=O)c1ccccc1. The third-order valence-electron chi connectivity index (χ3n) is 2.16. The first kappa shape index (κ1) is 13.5. The van der Waals surface area contributed by atoms with Crippen molar-refractivity contribution in [3.63, 3.8) is 0 Å². The van der Waals surface area contributed by atoms with Crippen molar-refractivity contribution in [1.29, 1.82) is 0 Å². The molecule has 0 amide bonds. The van der Waals surface area contributed by atoms with Crippen LogP contribution in [0.2, 0.25) is 0 Å². The third-order valence-corrected chi connectivity index (χ3v) is 4.41. The molecule has 0 bridgehead atoms. The molecule has 0 fully saturated rings. The van der Waals surface area contributed by atoms with E-state index in [9.17, 15) is 8.42 Å². The van der Waals surface area contributed by atoms with Crippen LogP contribution < -0.4 is 4.72 Å². The van der Waals surface area contributed by atoms with Crippen LogP contribution in [0.15, 0.2) is 35.2 Å². The average molecular weight is 259 g/mol. The number of rotatable bonds is 6. The van der Waals surface area contributed by atoms with Gasteiger partial charge < -0.3 is 0 Å². The topological polar surface area (TPSA) is 46.2 Å². The summed E-state index contributed by atoms with van der Waals surface area (Å²) in [7, 11) is -3.35. The number of benzene rings is 1. The molecule has 0 saturated heterocycles. The summed E-state index contributed by atoms with van der Waals surface area (Å²) in [5, 5.41) is 0. The van der Waals surface area contributed by atoms with E-state index in [0.29, 0.717) is 4.90 Å². The van der Waals surface area contributed by atoms with Gasteiger partial charge in [0.1, 0.15) is 0 Å². The van der Waals surface area contributed by atoms with Gasteiger partial charge in [0, 0.05) is 6.04 Å². The number of hydrogen-bond acceptors (Lipinski definition) is 3. The fourth-order valence-corrected chi connectivity index (χ4v) is 3.17. The summed E-state index contributed by atoms with van der Waals surface area (Å²) in [6.45, 7) is 1.89. The zero-order valence-electron chi connectivity index (χ0n) is 9.51. The molecule has 1 rings (SSSR count). The Morgan fingerprint density at radius 1 is 1.31 bits per heavy atom. The van der Waals surface area contributed by atoms with E-state index in [4.69, 9.17) is 0 Å². The third kappa shape index (κ3) is 4.15. The maximum atomic E-state index is 11.9. The van der Waals surface area contributed by atoms with E-state index in [1.807, 2.05) is 13.2 Å². The van der Waals surface area contributed by atoms with E-state index in [-0.39, 0.29) is 6.04 Å². The van der Waals surface area contributed by atoms with Crippen LogP contribution in [0.1, 0.15) is 13.3 Å². The zero-order valence-corrected chi connectivity index (χ0v) is 11.1. The van der Waals surface area contributed by atoms with Crippen molar-refractivity contribution in [1.82, 2.24) is 4.72 Å². The van der Waals surface area contributed by atoms with Gasteiger partial charge in [0.15, 0.2) is 0 Å². The lowest BCUT2D eigenvalue weighted by molar-refractivity contribution is 0.557. The van der Waals surface area contributed by atoms with Gasteiger partial charge in [-0.3, -0.25) is 0 Å². The van der Waals surface area contributed by atoms with Gasteiger partial charge in [-0.2, -0.15) is 11.8 Å². The first-order chi connectivity index (χ1) is 7.56. The molecule has 1 N–H and O–H groups in total. The van der Waals surface area contributed by atoms with Gasteiger partial charge in [-0.25, -0.2) is 13.1 Å². The Morgan fingerprint density at radius 2 is 1.94 bits per heavy atom. The Bertz CT molecular complexity index is 403. The fourth-order valence-electron chi connectivity index (χ4n) is 1.29. The summed E-state index contributed by atoms with van der Waals surface area (Å²) in [4.78, 5) is 0.325. The van der Waals surface area contributed by atoms with Crippen LogP contribution in [0.5, 0.6) is 0 Å². The van der Waals surface area contributed by atoms with Crippen LogP contribution in [0, 0.1) is 0 Å². The van der Waals surface area contributed by atoms with E-state index in [1.54, 1.807) is 42.1 Å². The molecule has 0 spiro atoms. The van der Waals surface area contributed by atoms with Crippen LogP contribution in [0.4, 0.5) is 0 Å². The molecular weight excluding hydrogens is 242 g/mol. The predicted molar refractivity (Wildman–Crippen MR) is 69.2 cm³/mol. The first-order valence-electron chi connectivity index (χ1n) is 5.12. The van der Waals surface area contributed by atoms with Crippen LogP contribution >= 0.6 is 11.8 Å². The molecular formula is C11H17NO2S2. The maximum Gasteiger partial charge on any atom is 0.240 e. The number of nitrogens with one attached hydrogen (secondary N) is 1. The van der Waals surface area contributed by atoms with Crippen molar-refractivity contribution in [2.24, 2.45) is 0 Å². The quantitative estimate of drug-likeness (QED) is 0.851. The molecule has 0 saturated carbocycles. The fraction of sp³-hybridized carbons (Fsp3) is 0.455. The minimum atomic E-state index is -3.35. The first-order valence-corrected chi connectivity index (χ1v) is 8.00. The van der Waals surface area contributed by atoms with Crippen LogP contribution in [0.25, 0.3) is 0 Å². The summed E-state index contributed by atoms with van der Waals surface area (Å²) in [6.07, 6.45) is 2.85. The molecule has 0 aliphatic carbocycles. The molecule has 0 aromatic heterocycles. The van der Waals surface area contributed by atoms with Gasteiger partial charge >= 0.3 is 0 Å². The summed E-state index contributed by atoms with van der Waals surface area (Å²) in [6, 6.07) is 8.42. The highest BCUT2D eigenvalue weighted by Crippen LogP contribution is 2.09. The molecule has 1 atom stereocenters. The van der Waals surface area contributed by atoms with Crippen molar-refractivity contribution in [3.8, 4) is 0 Å². The molecule has 16 heavy (non-hydrogen) atoms. The highest BCUT2D eigenvalue weighted by molar-refractivity contribution is 7.98. The molecule has 1 aromatic rings. The van der Waals surface area contributed by atoms with Gasteiger partial charge in [0.05, 0.1) is 4.90 Å². The minimum absolute atomic E-state index is 0.0299. The molecule has 0 heterocycles. The molecule has 90 valence electrons. The molecule has 0 aliphatic heterocycles.